The first-order valence-corrected chi connectivity index (χ1v) is 7.58. The molecular weight excluding hydrogens is 232 g/mol. The zero-order valence-corrected chi connectivity index (χ0v) is 12.8. The first kappa shape index (κ1) is 14.5. The predicted molar refractivity (Wildman–Crippen MR) is 82.1 cm³/mol. The monoisotopic (exact) mass is 260 g/mol. The van der Waals surface area contributed by atoms with Crippen molar-refractivity contribution in [3.8, 4) is 0 Å². The van der Waals surface area contributed by atoms with Crippen LogP contribution in [0.15, 0.2) is 24.3 Å². The number of likely N-dealkylation sites (N-methyl/N-ethyl adjacent to an activating group) is 1. The molecule has 0 bridgehead atoms. The SMILES string of the molecule is CCC(N)C(c1ccc(C)cc1)N(C)C(C)C1CC1. The van der Waals surface area contributed by atoms with Gasteiger partial charge >= 0.3 is 0 Å². The molecule has 1 aliphatic rings. The number of rotatable bonds is 6. The molecule has 0 spiro atoms. The topological polar surface area (TPSA) is 29.3 Å². The normalized spacial score (nSPS) is 20.3. The Balaban J connectivity index is 2.21. The first-order valence-electron chi connectivity index (χ1n) is 7.58. The van der Waals surface area contributed by atoms with E-state index in [0.29, 0.717) is 12.1 Å². The third-order valence-electron chi connectivity index (χ3n) is 4.68. The summed E-state index contributed by atoms with van der Waals surface area (Å²) in [4.78, 5) is 2.50. The van der Waals surface area contributed by atoms with Crippen LogP contribution < -0.4 is 5.73 Å². The van der Waals surface area contributed by atoms with Gasteiger partial charge in [0.2, 0.25) is 0 Å². The molecule has 0 radical (unpaired) electrons. The molecule has 1 fully saturated rings. The Hall–Kier alpha value is -0.860. The molecule has 0 aromatic heterocycles. The average molecular weight is 260 g/mol. The third kappa shape index (κ3) is 3.37. The van der Waals surface area contributed by atoms with Crippen molar-refractivity contribution in [2.45, 2.75) is 58.2 Å². The number of aryl methyl sites for hydroxylation is 1. The van der Waals surface area contributed by atoms with E-state index in [4.69, 9.17) is 5.73 Å². The summed E-state index contributed by atoms with van der Waals surface area (Å²) in [6, 6.07) is 10.0. The van der Waals surface area contributed by atoms with Gasteiger partial charge in [-0.15, -0.1) is 0 Å². The first-order chi connectivity index (χ1) is 9.04. The summed E-state index contributed by atoms with van der Waals surface area (Å²) in [5.41, 5.74) is 9.07. The number of benzene rings is 1. The molecule has 2 heteroatoms. The number of hydrogen-bond acceptors (Lipinski definition) is 2. The van der Waals surface area contributed by atoms with Gasteiger partial charge in [-0.25, -0.2) is 0 Å². The Morgan fingerprint density at radius 1 is 1.26 bits per heavy atom. The van der Waals surface area contributed by atoms with Gasteiger partial charge in [-0.3, -0.25) is 4.90 Å². The van der Waals surface area contributed by atoms with E-state index in [2.05, 4.69) is 57.0 Å². The molecule has 3 unspecified atom stereocenters. The molecule has 1 aliphatic carbocycles. The summed E-state index contributed by atoms with van der Waals surface area (Å²) in [5, 5.41) is 0. The Labute approximate surface area is 118 Å². The van der Waals surface area contributed by atoms with Gasteiger partial charge in [0.05, 0.1) is 0 Å². The Bertz CT molecular complexity index is 394. The smallest absolute Gasteiger partial charge is 0.0498 e. The van der Waals surface area contributed by atoms with Gasteiger partial charge in [-0.05, 0) is 51.6 Å². The summed E-state index contributed by atoms with van der Waals surface area (Å²) in [6.45, 7) is 6.66. The molecule has 0 saturated heterocycles. The summed E-state index contributed by atoms with van der Waals surface area (Å²) in [6.07, 6.45) is 3.78. The second-order valence-electron chi connectivity index (χ2n) is 6.17. The summed E-state index contributed by atoms with van der Waals surface area (Å²) >= 11 is 0. The second kappa shape index (κ2) is 6.06. The molecule has 0 amide bonds. The average Bonchev–Trinajstić information content (AvgIpc) is 3.24. The van der Waals surface area contributed by atoms with Crippen LogP contribution in [-0.4, -0.2) is 24.0 Å². The predicted octanol–water partition coefficient (Wildman–Crippen LogP) is 3.50. The van der Waals surface area contributed by atoms with Gasteiger partial charge in [0.25, 0.3) is 0 Å². The van der Waals surface area contributed by atoms with E-state index in [-0.39, 0.29) is 6.04 Å². The fraction of sp³-hybridized carbons (Fsp3) is 0.647. The number of nitrogens with two attached hydrogens (primary N) is 1. The molecule has 1 aromatic carbocycles. The highest BCUT2D eigenvalue weighted by atomic mass is 15.2. The van der Waals surface area contributed by atoms with E-state index in [9.17, 15) is 0 Å². The molecule has 0 heterocycles. The van der Waals surface area contributed by atoms with Crippen LogP contribution in [0.4, 0.5) is 0 Å². The van der Waals surface area contributed by atoms with Gasteiger partial charge in [-0.2, -0.15) is 0 Å². The van der Waals surface area contributed by atoms with Crippen molar-refractivity contribution in [3.63, 3.8) is 0 Å². The molecule has 2 N–H and O–H groups in total. The maximum atomic E-state index is 6.40. The second-order valence-corrected chi connectivity index (χ2v) is 6.17. The third-order valence-corrected chi connectivity index (χ3v) is 4.68. The lowest BCUT2D eigenvalue weighted by Crippen LogP contribution is -2.43. The van der Waals surface area contributed by atoms with Gasteiger partial charge in [0, 0.05) is 18.1 Å². The minimum Gasteiger partial charge on any atom is -0.326 e. The lowest BCUT2D eigenvalue weighted by Gasteiger charge is -2.37. The zero-order valence-electron chi connectivity index (χ0n) is 12.8. The highest BCUT2D eigenvalue weighted by Gasteiger charge is 2.35. The van der Waals surface area contributed by atoms with Crippen LogP contribution in [-0.2, 0) is 0 Å². The standard InChI is InChI=1S/C17H28N2/c1-5-16(18)17(15-8-6-12(2)7-9-15)19(4)13(3)14-10-11-14/h6-9,13-14,16-17H,5,10-11,18H2,1-4H3. The van der Waals surface area contributed by atoms with Crippen molar-refractivity contribution in [2.24, 2.45) is 11.7 Å². The quantitative estimate of drug-likeness (QED) is 0.848. The minimum atomic E-state index is 0.203. The van der Waals surface area contributed by atoms with Crippen LogP contribution in [0.1, 0.15) is 50.3 Å². The van der Waals surface area contributed by atoms with Gasteiger partial charge in [-0.1, -0.05) is 36.8 Å². The molecule has 2 nitrogen and oxygen atoms in total. The molecule has 106 valence electrons. The van der Waals surface area contributed by atoms with Crippen LogP contribution in [0.5, 0.6) is 0 Å². The molecule has 19 heavy (non-hydrogen) atoms. The van der Waals surface area contributed by atoms with Crippen LogP contribution in [0.25, 0.3) is 0 Å². The van der Waals surface area contributed by atoms with Crippen molar-refractivity contribution in [1.82, 2.24) is 4.90 Å². The van der Waals surface area contributed by atoms with E-state index < -0.39 is 0 Å². The van der Waals surface area contributed by atoms with Gasteiger partial charge < -0.3 is 5.73 Å². The van der Waals surface area contributed by atoms with Crippen LogP contribution in [0.3, 0.4) is 0 Å². The number of hydrogen-bond donors (Lipinski definition) is 1. The number of nitrogens with zero attached hydrogens (tertiary/aromatic N) is 1. The van der Waals surface area contributed by atoms with Crippen molar-refractivity contribution in [2.75, 3.05) is 7.05 Å². The zero-order chi connectivity index (χ0) is 14.0. The molecule has 3 atom stereocenters. The Kier molecular flexibility index (Phi) is 4.64. The molecular formula is C17H28N2. The summed E-state index contributed by atoms with van der Waals surface area (Å²) in [7, 11) is 2.24. The lowest BCUT2D eigenvalue weighted by atomic mass is 9.94. The largest absolute Gasteiger partial charge is 0.326 e. The van der Waals surface area contributed by atoms with Gasteiger partial charge in [0.1, 0.15) is 0 Å². The van der Waals surface area contributed by atoms with Crippen LogP contribution >= 0.6 is 0 Å². The van der Waals surface area contributed by atoms with E-state index in [1.54, 1.807) is 0 Å². The fourth-order valence-electron chi connectivity index (χ4n) is 2.94. The summed E-state index contributed by atoms with van der Waals surface area (Å²) in [5.74, 6) is 0.877. The molecule has 1 aromatic rings. The maximum absolute atomic E-state index is 6.40. The highest BCUT2D eigenvalue weighted by Crippen LogP contribution is 2.38. The van der Waals surface area contributed by atoms with E-state index in [0.717, 1.165) is 12.3 Å². The molecule has 2 rings (SSSR count). The fourth-order valence-corrected chi connectivity index (χ4v) is 2.94. The van der Waals surface area contributed by atoms with Crippen molar-refractivity contribution < 1.29 is 0 Å². The summed E-state index contributed by atoms with van der Waals surface area (Å²) < 4.78 is 0. The Morgan fingerprint density at radius 3 is 2.32 bits per heavy atom. The van der Waals surface area contributed by atoms with E-state index >= 15 is 0 Å². The highest BCUT2D eigenvalue weighted by molar-refractivity contribution is 5.25. The Morgan fingerprint density at radius 2 is 1.84 bits per heavy atom. The van der Waals surface area contributed by atoms with E-state index in [1.807, 2.05) is 0 Å². The van der Waals surface area contributed by atoms with E-state index in [1.165, 1.54) is 24.0 Å². The maximum Gasteiger partial charge on any atom is 0.0498 e. The van der Waals surface area contributed by atoms with Crippen LogP contribution in [0.2, 0.25) is 0 Å². The van der Waals surface area contributed by atoms with Gasteiger partial charge in [0.15, 0.2) is 0 Å². The van der Waals surface area contributed by atoms with Crippen molar-refractivity contribution in [1.29, 1.82) is 0 Å². The minimum absolute atomic E-state index is 0.203. The molecule has 1 saturated carbocycles. The van der Waals surface area contributed by atoms with Crippen molar-refractivity contribution >= 4 is 0 Å². The molecule has 0 aliphatic heterocycles. The van der Waals surface area contributed by atoms with Crippen molar-refractivity contribution in [3.05, 3.63) is 35.4 Å². The van der Waals surface area contributed by atoms with Crippen LogP contribution in [0, 0.1) is 12.8 Å². The lowest BCUT2D eigenvalue weighted by molar-refractivity contribution is 0.143.